The van der Waals surface area contributed by atoms with Crippen molar-refractivity contribution in [3.63, 3.8) is 0 Å². The highest BCUT2D eigenvalue weighted by molar-refractivity contribution is 7.99. The Kier molecular flexibility index (Phi) is 5.18. The summed E-state index contributed by atoms with van der Waals surface area (Å²) in [6.07, 6.45) is 5.92. The molecule has 2 fully saturated rings. The number of hydrogen-bond donors (Lipinski definition) is 3. The third-order valence-electron chi connectivity index (χ3n) is 4.34. The van der Waals surface area contributed by atoms with Crippen molar-refractivity contribution in [2.75, 3.05) is 5.75 Å². The van der Waals surface area contributed by atoms with Crippen LogP contribution in [0.2, 0.25) is 0 Å². The van der Waals surface area contributed by atoms with E-state index in [9.17, 15) is 14.7 Å². The van der Waals surface area contributed by atoms with Crippen LogP contribution in [0.4, 0.5) is 4.79 Å². The normalized spacial score (nSPS) is 28.2. The Morgan fingerprint density at radius 3 is 2.60 bits per heavy atom. The minimum Gasteiger partial charge on any atom is -0.480 e. The number of carboxylic acids is 1. The Bertz CT molecular complexity index is 369. The average Bonchev–Trinajstić information content (AvgIpc) is 3.00. The van der Waals surface area contributed by atoms with Gasteiger partial charge in [-0.3, -0.25) is 0 Å². The highest BCUT2D eigenvalue weighted by Crippen LogP contribution is 2.31. The highest BCUT2D eigenvalue weighted by Gasteiger charge is 2.43. The summed E-state index contributed by atoms with van der Waals surface area (Å²) in [7, 11) is 0. The van der Waals surface area contributed by atoms with Gasteiger partial charge in [-0.05, 0) is 37.9 Å². The van der Waals surface area contributed by atoms with E-state index in [2.05, 4.69) is 17.6 Å². The number of carboxylic acid groups (broad SMARTS) is 1. The van der Waals surface area contributed by atoms with Crippen LogP contribution in [0.1, 0.15) is 51.9 Å². The molecule has 2 aliphatic rings. The number of urea groups is 1. The molecule has 114 valence electrons. The van der Waals surface area contributed by atoms with Gasteiger partial charge in [-0.15, -0.1) is 0 Å². The van der Waals surface area contributed by atoms with Gasteiger partial charge < -0.3 is 15.7 Å². The Hall–Kier alpha value is -0.910. The SMILES string of the molecule is CCSC1CCC(NC(=O)NC2(C(=O)O)CCCC2)C1. The molecule has 0 heterocycles. The summed E-state index contributed by atoms with van der Waals surface area (Å²) in [5.74, 6) is 0.196. The first-order valence-electron chi connectivity index (χ1n) is 7.49. The molecule has 0 radical (unpaired) electrons. The zero-order chi connectivity index (χ0) is 14.6. The number of aliphatic carboxylic acids is 1. The quantitative estimate of drug-likeness (QED) is 0.728. The molecule has 0 aliphatic heterocycles. The summed E-state index contributed by atoms with van der Waals surface area (Å²) < 4.78 is 0. The minimum absolute atomic E-state index is 0.186. The van der Waals surface area contributed by atoms with Crippen molar-refractivity contribution < 1.29 is 14.7 Å². The van der Waals surface area contributed by atoms with Gasteiger partial charge in [0.2, 0.25) is 0 Å². The predicted octanol–water partition coefficient (Wildman–Crippen LogP) is 2.36. The van der Waals surface area contributed by atoms with Crippen LogP contribution in [-0.4, -0.2) is 39.7 Å². The fraction of sp³-hybridized carbons (Fsp3) is 0.857. The van der Waals surface area contributed by atoms with E-state index in [-0.39, 0.29) is 12.1 Å². The van der Waals surface area contributed by atoms with Crippen molar-refractivity contribution in [1.82, 2.24) is 10.6 Å². The van der Waals surface area contributed by atoms with Crippen LogP contribution in [0, 0.1) is 0 Å². The second-order valence-electron chi connectivity index (χ2n) is 5.78. The maximum atomic E-state index is 12.0. The van der Waals surface area contributed by atoms with E-state index in [1.165, 1.54) is 0 Å². The molecule has 2 aliphatic carbocycles. The van der Waals surface area contributed by atoms with Gasteiger partial charge in [-0.2, -0.15) is 11.8 Å². The fourth-order valence-electron chi connectivity index (χ4n) is 3.27. The maximum absolute atomic E-state index is 12.0. The molecule has 6 heteroatoms. The third kappa shape index (κ3) is 3.59. The number of amides is 2. The Morgan fingerprint density at radius 2 is 2.00 bits per heavy atom. The minimum atomic E-state index is -1.04. The lowest BCUT2D eigenvalue weighted by molar-refractivity contribution is -0.144. The van der Waals surface area contributed by atoms with E-state index in [4.69, 9.17) is 0 Å². The Balaban J connectivity index is 1.82. The molecule has 2 saturated carbocycles. The van der Waals surface area contributed by atoms with Gasteiger partial charge in [0.25, 0.3) is 0 Å². The van der Waals surface area contributed by atoms with Crippen molar-refractivity contribution >= 4 is 23.8 Å². The number of rotatable bonds is 5. The number of carbonyl (C=O) groups excluding carboxylic acids is 1. The molecule has 0 aromatic heterocycles. The van der Waals surface area contributed by atoms with Crippen molar-refractivity contribution in [3.8, 4) is 0 Å². The molecule has 0 aromatic carbocycles. The van der Waals surface area contributed by atoms with Crippen LogP contribution in [0.5, 0.6) is 0 Å². The van der Waals surface area contributed by atoms with Crippen molar-refractivity contribution in [2.24, 2.45) is 0 Å². The number of thioether (sulfide) groups is 1. The average molecular weight is 300 g/mol. The van der Waals surface area contributed by atoms with Crippen LogP contribution in [0.15, 0.2) is 0 Å². The van der Waals surface area contributed by atoms with E-state index in [1.54, 1.807) is 0 Å². The smallest absolute Gasteiger partial charge is 0.329 e. The van der Waals surface area contributed by atoms with Crippen LogP contribution >= 0.6 is 11.8 Å². The first-order chi connectivity index (χ1) is 9.55. The van der Waals surface area contributed by atoms with Crippen LogP contribution in [-0.2, 0) is 4.79 Å². The number of nitrogens with one attached hydrogen (secondary N) is 2. The van der Waals surface area contributed by atoms with Gasteiger partial charge in [0, 0.05) is 11.3 Å². The van der Waals surface area contributed by atoms with Crippen LogP contribution in [0.3, 0.4) is 0 Å². The van der Waals surface area contributed by atoms with Crippen LogP contribution < -0.4 is 10.6 Å². The monoisotopic (exact) mass is 300 g/mol. The first-order valence-corrected chi connectivity index (χ1v) is 8.54. The molecule has 0 spiro atoms. The molecule has 0 aromatic rings. The standard InChI is InChI=1S/C14H24N2O3S/c1-2-20-11-6-5-10(9-11)15-13(19)16-14(12(17)18)7-3-4-8-14/h10-11H,2-9H2,1H3,(H,17,18)(H2,15,16,19). The van der Waals surface area contributed by atoms with E-state index in [0.717, 1.165) is 37.9 Å². The molecule has 2 amide bonds. The van der Waals surface area contributed by atoms with Gasteiger partial charge in [0.1, 0.15) is 5.54 Å². The lowest BCUT2D eigenvalue weighted by atomic mass is 9.98. The fourth-order valence-corrected chi connectivity index (χ4v) is 4.41. The first kappa shape index (κ1) is 15.5. The summed E-state index contributed by atoms with van der Waals surface area (Å²) >= 11 is 1.94. The van der Waals surface area contributed by atoms with Gasteiger partial charge in [0.15, 0.2) is 0 Å². The summed E-state index contributed by atoms with van der Waals surface area (Å²) in [4.78, 5) is 23.4. The van der Waals surface area contributed by atoms with E-state index in [1.807, 2.05) is 11.8 Å². The van der Waals surface area contributed by atoms with Crippen molar-refractivity contribution in [1.29, 1.82) is 0 Å². The van der Waals surface area contributed by atoms with Gasteiger partial charge in [-0.25, -0.2) is 9.59 Å². The zero-order valence-electron chi connectivity index (χ0n) is 12.0. The number of carbonyl (C=O) groups is 2. The second kappa shape index (κ2) is 6.70. The van der Waals surface area contributed by atoms with Crippen molar-refractivity contribution in [3.05, 3.63) is 0 Å². The second-order valence-corrected chi connectivity index (χ2v) is 7.36. The van der Waals surface area contributed by atoms with Gasteiger partial charge in [-0.1, -0.05) is 19.8 Å². The molecule has 2 unspecified atom stereocenters. The largest absolute Gasteiger partial charge is 0.480 e. The molecule has 5 nitrogen and oxygen atoms in total. The van der Waals surface area contributed by atoms with Gasteiger partial charge >= 0.3 is 12.0 Å². The summed E-state index contributed by atoms with van der Waals surface area (Å²) in [5.41, 5.74) is -1.04. The Morgan fingerprint density at radius 1 is 1.30 bits per heavy atom. The Labute approximate surface area is 124 Å². The summed E-state index contributed by atoms with van der Waals surface area (Å²) in [6.45, 7) is 2.15. The summed E-state index contributed by atoms with van der Waals surface area (Å²) in [6, 6.07) is -0.132. The molecular formula is C14H24N2O3S. The molecule has 0 saturated heterocycles. The number of hydrogen-bond acceptors (Lipinski definition) is 3. The molecule has 2 atom stereocenters. The predicted molar refractivity (Wildman–Crippen MR) is 80.1 cm³/mol. The zero-order valence-corrected chi connectivity index (χ0v) is 12.8. The van der Waals surface area contributed by atoms with Gasteiger partial charge in [0.05, 0.1) is 0 Å². The van der Waals surface area contributed by atoms with E-state index >= 15 is 0 Å². The van der Waals surface area contributed by atoms with E-state index < -0.39 is 11.5 Å². The third-order valence-corrected chi connectivity index (χ3v) is 5.57. The lowest BCUT2D eigenvalue weighted by Gasteiger charge is -2.26. The molecule has 3 N–H and O–H groups in total. The molecular weight excluding hydrogens is 276 g/mol. The van der Waals surface area contributed by atoms with Crippen LogP contribution in [0.25, 0.3) is 0 Å². The van der Waals surface area contributed by atoms with Crippen molar-refractivity contribution in [2.45, 2.75) is 68.7 Å². The maximum Gasteiger partial charge on any atom is 0.329 e. The topological polar surface area (TPSA) is 78.4 Å². The molecule has 2 rings (SSSR count). The molecule has 0 bridgehead atoms. The lowest BCUT2D eigenvalue weighted by Crippen LogP contribution is -2.56. The van der Waals surface area contributed by atoms with E-state index in [0.29, 0.717) is 18.1 Å². The molecule has 20 heavy (non-hydrogen) atoms. The summed E-state index contributed by atoms with van der Waals surface area (Å²) in [5, 5.41) is 15.6. The highest BCUT2D eigenvalue weighted by atomic mass is 32.2.